The summed E-state index contributed by atoms with van der Waals surface area (Å²) in [6.07, 6.45) is 6.29. The topological polar surface area (TPSA) is 29.9 Å². The zero-order chi connectivity index (χ0) is 12.1. The second-order valence-corrected chi connectivity index (χ2v) is 5.19. The summed E-state index contributed by atoms with van der Waals surface area (Å²) in [6, 6.07) is 2.17. The van der Waals surface area contributed by atoms with Gasteiger partial charge in [0.05, 0.1) is 6.54 Å². The highest BCUT2D eigenvalue weighted by Crippen LogP contribution is 2.18. The van der Waals surface area contributed by atoms with E-state index in [0.717, 1.165) is 19.0 Å². The molecule has 0 aliphatic carbocycles. The highest BCUT2D eigenvalue weighted by molar-refractivity contribution is 7.10. The van der Waals surface area contributed by atoms with Crippen molar-refractivity contribution in [3.05, 3.63) is 34.3 Å². The molecule has 3 nitrogen and oxygen atoms in total. The Kier molecular flexibility index (Phi) is 4.20. The lowest BCUT2D eigenvalue weighted by Gasteiger charge is -2.09. The summed E-state index contributed by atoms with van der Waals surface area (Å²) in [4.78, 5) is 5.76. The van der Waals surface area contributed by atoms with Gasteiger partial charge in [0.1, 0.15) is 0 Å². The average Bonchev–Trinajstić information content (AvgIpc) is 2.91. The van der Waals surface area contributed by atoms with Gasteiger partial charge in [0.25, 0.3) is 0 Å². The first-order valence-electron chi connectivity index (χ1n) is 6.09. The standard InChI is InChI=1S/C13H19N3S/c1-3-4-6-14-13-15-7-8-16(13)10-12-11(2)5-9-17-12/h5,7-9H,3-4,6,10H2,1-2H3,(H,14,15). The minimum Gasteiger partial charge on any atom is -0.356 e. The third kappa shape index (κ3) is 3.09. The molecule has 2 heterocycles. The van der Waals surface area contributed by atoms with E-state index in [4.69, 9.17) is 0 Å². The van der Waals surface area contributed by atoms with E-state index >= 15 is 0 Å². The third-order valence-corrected chi connectivity index (χ3v) is 3.82. The van der Waals surface area contributed by atoms with Crippen LogP contribution in [0.1, 0.15) is 30.2 Å². The molecule has 92 valence electrons. The summed E-state index contributed by atoms with van der Waals surface area (Å²) in [7, 11) is 0. The molecule has 0 atom stereocenters. The molecule has 0 spiro atoms. The fraction of sp³-hybridized carbons (Fsp3) is 0.462. The Balaban J connectivity index is 2.01. The zero-order valence-corrected chi connectivity index (χ0v) is 11.3. The number of hydrogen-bond donors (Lipinski definition) is 1. The van der Waals surface area contributed by atoms with E-state index < -0.39 is 0 Å². The molecule has 0 saturated carbocycles. The van der Waals surface area contributed by atoms with Crippen LogP contribution in [0.3, 0.4) is 0 Å². The number of imidazole rings is 1. The fourth-order valence-corrected chi connectivity index (χ4v) is 2.61. The fourth-order valence-electron chi connectivity index (χ4n) is 1.70. The van der Waals surface area contributed by atoms with Crippen LogP contribution in [0, 0.1) is 6.92 Å². The molecule has 2 aromatic heterocycles. The Morgan fingerprint density at radius 2 is 2.35 bits per heavy atom. The van der Waals surface area contributed by atoms with Gasteiger partial charge in [-0.2, -0.15) is 0 Å². The van der Waals surface area contributed by atoms with Crippen LogP contribution >= 0.6 is 11.3 Å². The number of unbranched alkanes of at least 4 members (excludes halogenated alkanes) is 1. The van der Waals surface area contributed by atoms with Crippen molar-refractivity contribution in [1.82, 2.24) is 9.55 Å². The van der Waals surface area contributed by atoms with Crippen LogP contribution in [0.25, 0.3) is 0 Å². The number of hydrogen-bond acceptors (Lipinski definition) is 3. The Morgan fingerprint density at radius 1 is 1.47 bits per heavy atom. The van der Waals surface area contributed by atoms with Crippen LogP contribution in [0.4, 0.5) is 5.95 Å². The van der Waals surface area contributed by atoms with E-state index in [9.17, 15) is 0 Å². The molecule has 0 amide bonds. The molecule has 0 aromatic carbocycles. The molecular formula is C13H19N3S. The Bertz CT molecular complexity index is 459. The predicted molar refractivity (Wildman–Crippen MR) is 73.8 cm³/mol. The Hall–Kier alpha value is -1.29. The zero-order valence-electron chi connectivity index (χ0n) is 10.4. The molecule has 1 N–H and O–H groups in total. The molecule has 0 unspecified atom stereocenters. The van der Waals surface area contributed by atoms with Crippen molar-refractivity contribution in [3.8, 4) is 0 Å². The predicted octanol–water partition coefficient (Wildman–Crippen LogP) is 3.51. The molecule has 17 heavy (non-hydrogen) atoms. The van der Waals surface area contributed by atoms with Gasteiger partial charge in [-0.3, -0.25) is 0 Å². The number of aryl methyl sites for hydroxylation is 1. The normalized spacial score (nSPS) is 10.7. The van der Waals surface area contributed by atoms with Crippen LogP contribution in [-0.4, -0.2) is 16.1 Å². The molecule has 2 aromatic rings. The van der Waals surface area contributed by atoms with Crippen molar-refractivity contribution in [3.63, 3.8) is 0 Å². The van der Waals surface area contributed by atoms with Gasteiger partial charge in [0, 0.05) is 23.8 Å². The van der Waals surface area contributed by atoms with Crippen LogP contribution in [-0.2, 0) is 6.54 Å². The van der Waals surface area contributed by atoms with Gasteiger partial charge < -0.3 is 9.88 Å². The maximum absolute atomic E-state index is 4.35. The summed E-state index contributed by atoms with van der Waals surface area (Å²) in [6.45, 7) is 6.27. The lowest BCUT2D eigenvalue weighted by molar-refractivity contribution is 0.780. The van der Waals surface area contributed by atoms with E-state index in [1.807, 2.05) is 23.7 Å². The lowest BCUT2D eigenvalue weighted by atomic mass is 10.3. The van der Waals surface area contributed by atoms with Gasteiger partial charge in [0.15, 0.2) is 0 Å². The number of aromatic nitrogens is 2. The molecular weight excluding hydrogens is 230 g/mol. The molecule has 4 heteroatoms. The Labute approximate surface area is 107 Å². The second kappa shape index (κ2) is 5.87. The molecule has 0 aliphatic heterocycles. The summed E-state index contributed by atoms with van der Waals surface area (Å²) in [5, 5.41) is 5.53. The molecule has 0 radical (unpaired) electrons. The van der Waals surface area contributed by atoms with Crippen LogP contribution in [0.2, 0.25) is 0 Å². The molecule has 2 rings (SSSR count). The summed E-state index contributed by atoms with van der Waals surface area (Å²) < 4.78 is 2.18. The van der Waals surface area contributed by atoms with Crippen molar-refractivity contribution in [2.45, 2.75) is 33.2 Å². The number of nitrogens with one attached hydrogen (secondary N) is 1. The number of anilines is 1. The highest BCUT2D eigenvalue weighted by Gasteiger charge is 2.05. The number of rotatable bonds is 6. The first kappa shape index (κ1) is 12.2. The van der Waals surface area contributed by atoms with E-state index in [1.165, 1.54) is 23.3 Å². The number of nitrogens with zero attached hydrogens (tertiary/aromatic N) is 2. The van der Waals surface area contributed by atoms with Gasteiger partial charge in [-0.25, -0.2) is 4.98 Å². The summed E-state index contributed by atoms with van der Waals surface area (Å²) in [5.41, 5.74) is 1.36. The van der Waals surface area contributed by atoms with Crippen molar-refractivity contribution in [1.29, 1.82) is 0 Å². The molecule has 0 bridgehead atoms. The van der Waals surface area contributed by atoms with Crippen molar-refractivity contribution >= 4 is 17.3 Å². The summed E-state index contributed by atoms with van der Waals surface area (Å²) >= 11 is 1.81. The summed E-state index contributed by atoms with van der Waals surface area (Å²) in [5.74, 6) is 0.978. The highest BCUT2D eigenvalue weighted by atomic mass is 32.1. The SMILES string of the molecule is CCCCNc1nccn1Cc1sccc1C. The van der Waals surface area contributed by atoms with Gasteiger partial charge in [-0.1, -0.05) is 13.3 Å². The van der Waals surface area contributed by atoms with Gasteiger partial charge in [-0.05, 0) is 30.4 Å². The lowest BCUT2D eigenvalue weighted by Crippen LogP contribution is -2.09. The number of thiophene rings is 1. The monoisotopic (exact) mass is 249 g/mol. The van der Waals surface area contributed by atoms with Crippen molar-refractivity contribution < 1.29 is 0 Å². The van der Waals surface area contributed by atoms with Crippen molar-refractivity contribution in [2.24, 2.45) is 0 Å². The second-order valence-electron chi connectivity index (χ2n) is 4.19. The minimum absolute atomic E-state index is 0.915. The quantitative estimate of drug-likeness (QED) is 0.794. The van der Waals surface area contributed by atoms with Crippen LogP contribution in [0.15, 0.2) is 23.8 Å². The Morgan fingerprint density at radius 3 is 3.06 bits per heavy atom. The smallest absolute Gasteiger partial charge is 0.203 e. The van der Waals surface area contributed by atoms with E-state index in [2.05, 4.69) is 40.2 Å². The van der Waals surface area contributed by atoms with Gasteiger partial charge in [0.2, 0.25) is 5.95 Å². The first-order valence-corrected chi connectivity index (χ1v) is 6.97. The van der Waals surface area contributed by atoms with Gasteiger partial charge >= 0.3 is 0 Å². The van der Waals surface area contributed by atoms with Crippen LogP contribution in [0.5, 0.6) is 0 Å². The average molecular weight is 249 g/mol. The van der Waals surface area contributed by atoms with E-state index in [-0.39, 0.29) is 0 Å². The molecule has 0 aliphatic rings. The minimum atomic E-state index is 0.915. The third-order valence-electron chi connectivity index (χ3n) is 2.81. The largest absolute Gasteiger partial charge is 0.356 e. The molecule has 0 fully saturated rings. The van der Waals surface area contributed by atoms with E-state index in [1.54, 1.807) is 0 Å². The van der Waals surface area contributed by atoms with Gasteiger partial charge in [-0.15, -0.1) is 11.3 Å². The maximum atomic E-state index is 4.35. The van der Waals surface area contributed by atoms with Crippen molar-refractivity contribution in [2.75, 3.05) is 11.9 Å². The first-order chi connectivity index (χ1) is 8.31. The van der Waals surface area contributed by atoms with E-state index in [0.29, 0.717) is 0 Å². The van der Waals surface area contributed by atoms with Crippen LogP contribution < -0.4 is 5.32 Å². The maximum Gasteiger partial charge on any atom is 0.203 e. The molecule has 0 saturated heterocycles.